The van der Waals surface area contributed by atoms with Gasteiger partial charge in [-0.2, -0.15) is 0 Å². The molecule has 0 aliphatic rings. The lowest BCUT2D eigenvalue weighted by Crippen LogP contribution is -2.43. The summed E-state index contributed by atoms with van der Waals surface area (Å²) in [5.74, 6) is 0.140. The third-order valence-corrected chi connectivity index (χ3v) is 6.52. The predicted octanol–water partition coefficient (Wildman–Crippen LogP) is 7.46. The van der Waals surface area contributed by atoms with E-state index in [-0.39, 0.29) is 24.0 Å². The van der Waals surface area contributed by atoms with Gasteiger partial charge in [0, 0.05) is 24.7 Å². The van der Waals surface area contributed by atoms with Crippen molar-refractivity contribution in [3.63, 3.8) is 0 Å². The van der Waals surface area contributed by atoms with Crippen LogP contribution in [0.25, 0.3) is 10.8 Å². The summed E-state index contributed by atoms with van der Waals surface area (Å²) in [6, 6.07) is 23.8. The second kappa shape index (κ2) is 11.5. The number of hydrogen-bond acceptors (Lipinski definition) is 2. The van der Waals surface area contributed by atoms with E-state index in [9.17, 15) is 4.79 Å². The van der Waals surface area contributed by atoms with Crippen LogP contribution in [0.4, 0.5) is 0 Å². The average molecular weight is 445 g/mol. The average Bonchev–Trinajstić information content (AvgIpc) is 2.79. The van der Waals surface area contributed by atoms with Crippen LogP contribution in [-0.2, 0) is 6.54 Å². The van der Waals surface area contributed by atoms with E-state index in [0.29, 0.717) is 0 Å². The summed E-state index contributed by atoms with van der Waals surface area (Å²) >= 11 is 0. The minimum absolute atomic E-state index is 0.139. The molecule has 0 saturated carbocycles. The molecule has 3 aromatic rings. The Kier molecular flexibility index (Phi) is 8.68. The third-order valence-electron chi connectivity index (χ3n) is 6.52. The lowest BCUT2D eigenvalue weighted by Gasteiger charge is -2.35. The van der Waals surface area contributed by atoms with Gasteiger partial charge in [0.25, 0.3) is 5.91 Å². The predicted molar refractivity (Wildman–Crippen MR) is 141 cm³/mol. The van der Waals surface area contributed by atoms with E-state index < -0.39 is 0 Å². The van der Waals surface area contributed by atoms with Gasteiger partial charge in [0.1, 0.15) is 0 Å². The first-order valence-corrected chi connectivity index (χ1v) is 12.4. The number of amides is 1. The first-order valence-electron chi connectivity index (χ1n) is 12.4. The van der Waals surface area contributed by atoms with Crippen LogP contribution in [0.1, 0.15) is 81.4 Å². The molecule has 0 aromatic heterocycles. The van der Waals surface area contributed by atoms with Gasteiger partial charge in [-0.3, -0.25) is 9.69 Å². The molecule has 0 N–H and O–H groups in total. The monoisotopic (exact) mass is 444 g/mol. The van der Waals surface area contributed by atoms with E-state index >= 15 is 0 Å². The Morgan fingerprint density at radius 3 is 2.12 bits per heavy atom. The van der Waals surface area contributed by atoms with Crippen molar-refractivity contribution in [3.8, 4) is 0 Å². The molecule has 0 heterocycles. The molecule has 0 spiro atoms. The molecule has 1 atom stereocenters. The molecule has 0 aliphatic heterocycles. The molecule has 3 heteroatoms. The zero-order valence-electron chi connectivity index (χ0n) is 21.2. The summed E-state index contributed by atoms with van der Waals surface area (Å²) < 4.78 is 0. The first kappa shape index (κ1) is 25.0. The molecule has 33 heavy (non-hydrogen) atoms. The standard InChI is InChI=1S/C30H40N2O/c1-7-8-18-28(31(6)21-24-14-10-9-11-15-24)27-20-19-25-16-12-13-17-26(25)29(27)30(33)32(22(2)3)23(4)5/h9-17,19-20,22-23,28H,7-8,18,21H2,1-6H3/t28-/m0/s1. The van der Waals surface area contributed by atoms with Crippen molar-refractivity contribution >= 4 is 16.7 Å². The fourth-order valence-corrected chi connectivity index (χ4v) is 4.99. The highest BCUT2D eigenvalue weighted by Crippen LogP contribution is 2.35. The summed E-state index contributed by atoms with van der Waals surface area (Å²) in [5.41, 5.74) is 3.31. The number of nitrogens with zero attached hydrogens (tertiary/aromatic N) is 2. The second-order valence-corrected chi connectivity index (χ2v) is 9.71. The maximum Gasteiger partial charge on any atom is 0.255 e. The van der Waals surface area contributed by atoms with Crippen molar-refractivity contribution in [1.82, 2.24) is 9.80 Å². The SMILES string of the molecule is CCCC[C@@H](c1ccc2ccccc2c1C(=O)N(C(C)C)C(C)C)N(C)Cc1ccccc1. The van der Waals surface area contributed by atoms with Crippen molar-refractivity contribution in [2.45, 2.75) is 78.6 Å². The molecule has 0 radical (unpaired) electrons. The van der Waals surface area contributed by atoms with Crippen molar-refractivity contribution in [1.29, 1.82) is 0 Å². The van der Waals surface area contributed by atoms with E-state index in [1.165, 1.54) is 5.56 Å². The topological polar surface area (TPSA) is 23.6 Å². The zero-order valence-corrected chi connectivity index (χ0v) is 21.2. The van der Waals surface area contributed by atoms with Crippen LogP contribution in [0, 0.1) is 0 Å². The van der Waals surface area contributed by atoms with Gasteiger partial charge in [-0.1, -0.05) is 86.5 Å². The molecule has 0 bridgehead atoms. The van der Waals surface area contributed by atoms with Crippen LogP contribution in [0.2, 0.25) is 0 Å². The Morgan fingerprint density at radius 1 is 0.848 bits per heavy atom. The number of carbonyl (C=O) groups excluding carboxylic acids is 1. The lowest BCUT2D eigenvalue weighted by molar-refractivity contribution is 0.0642. The van der Waals surface area contributed by atoms with Gasteiger partial charge in [0.2, 0.25) is 0 Å². The number of fused-ring (bicyclic) bond motifs is 1. The summed E-state index contributed by atoms with van der Waals surface area (Å²) in [4.78, 5) is 18.6. The van der Waals surface area contributed by atoms with Gasteiger partial charge in [-0.05, 0) is 63.1 Å². The van der Waals surface area contributed by atoms with Crippen molar-refractivity contribution in [3.05, 3.63) is 83.4 Å². The number of carbonyl (C=O) groups is 1. The van der Waals surface area contributed by atoms with E-state index in [1.54, 1.807) is 0 Å². The highest BCUT2D eigenvalue weighted by atomic mass is 16.2. The minimum atomic E-state index is 0.139. The lowest BCUT2D eigenvalue weighted by atomic mass is 9.89. The fraction of sp³-hybridized carbons (Fsp3) is 0.433. The number of unbranched alkanes of at least 4 members (excludes halogenated alkanes) is 1. The highest BCUT2D eigenvalue weighted by Gasteiger charge is 2.29. The van der Waals surface area contributed by atoms with Crippen LogP contribution >= 0.6 is 0 Å². The number of rotatable bonds is 10. The minimum Gasteiger partial charge on any atom is -0.334 e. The van der Waals surface area contributed by atoms with Crippen molar-refractivity contribution < 1.29 is 4.79 Å². The summed E-state index contributed by atoms with van der Waals surface area (Å²) in [7, 11) is 2.19. The maximum atomic E-state index is 14.1. The van der Waals surface area contributed by atoms with Gasteiger partial charge in [-0.25, -0.2) is 0 Å². The third kappa shape index (κ3) is 5.83. The molecule has 3 nitrogen and oxygen atoms in total. The molecule has 0 saturated heterocycles. The van der Waals surface area contributed by atoms with Crippen LogP contribution in [0.15, 0.2) is 66.7 Å². The van der Waals surface area contributed by atoms with Gasteiger partial charge in [0.15, 0.2) is 0 Å². The largest absolute Gasteiger partial charge is 0.334 e. The van der Waals surface area contributed by atoms with Gasteiger partial charge >= 0.3 is 0 Å². The van der Waals surface area contributed by atoms with E-state index in [4.69, 9.17) is 0 Å². The van der Waals surface area contributed by atoms with Crippen LogP contribution in [0.3, 0.4) is 0 Å². The van der Waals surface area contributed by atoms with Gasteiger partial charge < -0.3 is 4.90 Å². The molecule has 3 rings (SSSR count). The van der Waals surface area contributed by atoms with E-state index in [1.807, 2.05) is 11.0 Å². The Balaban J connectivity index is 2.15. The summed E-state index contributed by atoms with van der Waals surface area (Å²) in [6.07, 6.45) is 3.29. The molecule has 3 aromatic carbocycles. The molecular weight excluding hydrogens is 404 g/mol. The molecule has 1 amide bonds. The van der Waals surface area contributed by atoms with Crippen LogP contribution in [-0.4, -0.2) is 34.8 Å². The van der Waals surface area contributed by atoms with Gasteiger partial charge in [-0.15, -0.1) is 0 Å². The molecule has 0 unspecified atom stereocenters. The molecular formula is C30H40N2O. The summed E-state index contributed by atoms with van der Waals surface area (Å²) in [5, 5.41) is 2.18. The quantitative estimate of drug-likeness (QED) is 0.324. The van der Waals surface area contributed by atoms with Gasteiger partial charge in [0.05, 0.1) is 5.56 Å². The van der Waals surface area contributed by atoms with E-state index in [0.717, 1.165) is 47.7 Å². The van der Waals surface area contributed by atoms with Crippen molar-refractivity contribution in [2.24, 2.45) is 0 Å². The highest BCUT2D eigenvalue weighted by molar-refractivity contribution is 6.08. The Hall–Kier alpha value is -2.65. The number of benzene rings is 3. The first-order chi connectivity index (χ1) is 15.8. The zero-order chi connectivity index (χ0) is 24.0. The van der Waals surface area contributed by atoms with E-state index in [2.05, 4.69) is 107 Å². The fourth-order valence-electron chi connectivity index (χ4n) is 4.99. The smallest absolute Gasteiger partial charge is 0.255 e. The Labute approximate surface area is 200 Å². The normalized spacial score (nSPS) is 12.6. The Bertz CT molecular complexity index is 1030. The molecule has 176 valence electrons. The number of hydrogen-bond donors (Lipinski definition) is 0. The maximum absolute atomic E-state index is 14.1. The van der Waals surface area contributed by atoms with Crippen LogP contribution in [0.5, 0.6) is 0 Å². The Morgan fingerprint density at radius 2 is 1.48 bits per heavy atom. The van der Waals surface area contributed by atoms with Crippen molar-refractivity contribution in [2.75, 3.05) is 7.05 Å². The summed E-state index contributed by atoms with van der Waals surface area (Å²) in [6.45, 7) is 11.5. The second-order valence-electron chi connectivity index (χ2n) is 9.71. The van der Waals surface area contributed by atoms with Crippen LogP contribution < -0.4 is 0 Å². The molecule has 0 aliphatic carbocycles. The molecule has 0 fully saturated rings.